The van der Waals surface area contributed by atoms with Gasteiger partial charge >= 0.3 is 0 Å². The summed E-state index contributed by atoms with van der Waals surface area (Å²) in [6.45, 7) is 0. The molecule has 0 amide bonds. The third kappa shape index (κ3) is 4.77. The van der Waals surface area contributed by atoms with Crippen LogP contribution in [0.5, 0.6) is 0 Å². The van der Waals surface area contributed by atoms with E-state index in [1.54, 1.807) is 0 Å². The highest BCUT2D eigenvalue weighted by atomic mass is 16.3. The van der Waals surface area contributed by atoms with Crippen LogP contribution in [0.25, 0.3) is 127 Å². The Morgan fingerprint density at radius 1 is 0.356 bits per heavy atom. The number of benzene rings is 9. The molecule has 0 N–H and O–H groups in total. The summed E-state index contributed by atoms with van der Waals surface area (Å²) in [7, 11) is 0. The van der Waals surface area contributed by atoms with Gasteiger partial charge in [-0.3, -0.25) is 0 Å². The predicted molar refractivity (Wildman–Crippen MR) is 240 cm³/mol. The minimum Gasteiger partial charge on any atom is -0.456 e. The summed E-state index contributed by atoms with van der Waals surface area (Å²) in [4.78, 5) is 15.5. The monoisotopic (exact) mass is 754 g/mol. The molecule has 0 atom stereocenters. The van der Waals surface area contributed by atoms with Gasteiger partial charge in [-0.1, -0.05) is 127 Å². The van der Waals surface area contributed by atoms with Gasteiger partial charge in [0.05, 0.1) is 16.7 Å². The van der Waals surface area contributed by atoms with E-state index in [0.29, 0.717) is 17.5 Å². The first-order valence-corrected chi connectivity index (χ1v) is 19.8. The average molecular weight is 755 g/mol. The van der Waals surface area contributed by atoms with Crippen LogP contribution < -0.4 is 0 Å². The predicted octanol–water partition coefficient (Wildman–Crippen LogP) is 14.1. The zero-order chi connectivity index (χ0) is 38.6. The second-order valence-corrected chi connectivity index (χ2v) is 15.1. The van der Waals surface area contributed by atoms with Crippen molar-refractivity contribution < 1.29 is 8.83 Å². The molecular formula is C53H30N4O2. The van der Waals surface area contributed by atoms with Gasteiger partial charge in [0.2, 0.25) is 0 Å². The average Bonchev–Trinajstić information content (AvgIpc) is 3.98. The van der Waals surface area contributed by atoms with Crippen LogP contribution in [-0.4, -0.2) is 19.5 Å². The van der Waals surface area contributed by atoms with Crippen LogP contribution in [-0.2, 0) is 0 Å². The van der Waals surface area contributed by atoms with E-state index < -0.39 is 0 Å². The van der Waals surface area contributed by atoms with Crippen LogP contribution in [0, 0.1) is 0 Å². The van der Waals surface area contributed by atoms with Gasteiger partial charge in [0, 0.05) is 49.0 Å². The Bertz CT molecular complexity index is 3860. The maximum absolute atomic E-state index is 6.94. The van der Waals surface area contributed by atoms with Gasteiger partial charge in [0.15, 0.2) is 23.1 Å². The second-order valence-electron chi connectivity index (χ2n) is 15.1. The largest absolute Gasteiger partial charge is 0.456 e. The van der Waals surface area contributed by atoms with Crippen molar-refractivity contribution in [1.82, 2.24) is 19.5 Å². The molecule has 0 unspecified atom stereocenters. The molecule has 0 aliphatic heterocycles. The summed E-state index contributed by atoms with van der Waals surface area (Å²) in [6, 6.07) is 63.3. The first-order chi connectivity index (χ1) is 29.2. The normalized spacial score (nSPS) is 12.1. The lowest BCUT2D eigenvalue weighted by atomic mass is 10.0. The fourth-order valence-corrected chi connectivity index (χ4v) is 9.12. The van der Waals surface area contributed by atoms with Gasteiger partial charge in [0.25, 0.3) is 0 Å². The number of rotatable bonds is 4. The Labute approximate surface area is 336 Å². The highest BCUT2D eigenvalue weighted by molar-refractivity contribution is 6.24. The molecule has 13 aromatic rings. The van der Waals surface area contributed by atoms with E-state index in [4.69, 9.17) is 23.8 Å². The van der Waals surface area contributed by atoms with Crippen molar-refractivity contribution in [2.75, 3.05) is 0 Å². The van der Waals surface area contributed by atoms with Crippen LogP contribution in [0.1, 0.15) is 0 Å². The van der Waals surface area contributed by atoms with E-state index in [0.717, 1.165) is 77.3 Å². The molecule has 0 aliphatic rings. The molecule has 0 aliphatic carbocycles. The third-order valence-corrected chi connectivity index (χ3v) is 11.8. The van der Waals surface area contributed by atoms with E-state index in [2.05, 4.69) is 120 Å². The lowest BCUT2D eigenvalue weighted by molar-refractivity contribution is 0.666. The van der Waals surface area contributed by atoms with Gasteiger partial charge in [-0.25, -0.2) is 15.0 Å². The number of fused-ring (bicyclic) bond motifs is 12. The number of hydrogen-bond acceptors (Lipinski definition) is 5. The van der Waals surface area contributed by atoms with Crippen LogP contribution in [0.3, 0.4) is 0 Å². The molecule has 4 aromatic heterocycles. The second kappa shape index (κ2) is 12.2. The van der Waals surface area contributed by atoms with Crippen molar-refractivity contribution >= 4 is 87.2 Å². The molecule has 59 heavy (non-hydrogen) atoms. The Morgan fingerprint density at radius 3 is 1.83 bits per heavy atom. The van der Waals surface area contributed by atoms with E-state index >= 15 is 0 Å². The summed E-state index contributed by atoms with van der Waals surface area (Å²) in [6.07, 6.45) is 0. The smallest absolute Gasteiger partial charge is 0.164 e. The highest BCUT2D eigenvalue weighted by Crippen LogP contribution is 2.44. The molecule has 13 rings (SSSR count). The summed E-state index contributed by atoms with van der Waals surface area (Å²) >= 11 is 0. The van der Waals surface area contributed by atoms with Crippen molar-refractivity contribution in [3.05, 3.63) is 182 Å². The number of para-hydroxylation sites is 2. The van der Waals surface area contributed by atoms with Crippen LogP contribution in [0.2, 0.25) is 0 Å². The topological polar surface area (TPSA) is 69.9 Å². The molecule has 6 nitrogen and oxygen atoms in total. The number of hydrogen-bond donors (Lipinski definition) is 0. The molecule has 4 heterocycles. The van der Waals surface area contributed by atoms with Crippen molar-refractivity contribution in [3.8, 4) is 39.9 Å². The summed E-state index contributed by atoms with van der Waals surface area (Å²) in [5, 5.41) is 11.3. The van der Waals surface area contributed by atoms with Crippen molar-refractivity contribution in [2.24, 2.45) is 0 Å². The van der Waals surface area contributed by atoms with Gasteiger partial charge in [-0.2, -0.15) is 0 Å². The minimum atomic E-state index is 0.556. The fraction of sp³-hybridized carbons (Fsp3) is 0. The van der Waals surface area contributed by atoms with E-state index in [9.17, 15) is 0 Å². The van der Waals surface area contributed by atoms with Gasteiger partial charge in [-0.15, -0.1) is 0 Å². The van der Waals surface area contributed by atoms with Gasteiger partial charge in [0.1, 0.15) is 16.7 Å². The quantitative estimate of drug-likeness (QED) is 0.179. The third-order valence-electron chi connectivity index (χ3n) is 11.8. The van der Waals surface area contributed by atoms with Crippen LogP contribution >= 0.6 is 0 Å². The molecule has 0 fully saturated rings. The molecule has 0 bridgehead atoms. The summed E-state index contributed by atoms with van der Waals surface area (Å²) in [5.41, 5.74) is 8.94. The molecule has 6 heteroatoms. The summed E-state index contributed by atoms with van der Waals surface area (Å²) < 4.78 is 15.6. The first-order valence-electron chi connectivity index (χ1n) is 19.8. The maximum atomic E-state index is 6.94. The van der Waals surface area contributed by atoms with Gasteiger partial charge < -0.3 is 13.4 Å². The Morgan fingerprint density at radius 2 is 1.00 bits per heavy atom. The number of furan rings is 2. The maximum Gasteiger partial charge on any atom is 0.164 e. The number of aromatic nitrogens is 4. The molecule has 0 radical (unpaired) electrons. The Hall–Kier alpha value is -8.09. The van der Waals surface area contributed by atoms with Gasteiger partial charge in [-0.05, 0) is 76.1 Å². The van der Waals surface area contributed by atoms with Crippen LogP contribution in [0.15, 0.2) is 191 Å². The van der Waals surface area contributed by atoms with Crippen LogP contribution in [0.4, 0.5) is 0 Å². The zero-order valence-electron chi connectivity index (χ0n) is 31.4. The van der Waals surface area contributed by atoms with Crippen molar-refractivity contribution in [1.29, 1.82) is 0 Å². The first kappa shape index (κ1) is 32.0. The Balaban J connectivity index is 1.10. The molecule has 0 saturated carbocycles. The molecular weight excluding hydrogens is 725 g/mol. The molecule has 0 saturated heterocycles. The highest BCUT2D eigenvalue weighted by Gasteiger charge is 2.24. The SMILES string of the molecule is c1ccc(-c2nc(-c3ccc4c(c3)oc3ccccc34)nc(-c3ccc(-n4c5cc6ccccc6cc5c5c6ccccc6ccc54)c4oc5ccccc5c34)n2)cc1. The molecule has 274 valence electrons. The number of nitrogens with zero attached hydrogens (tertiary/aromatic N) is 4. The van der Waals surface area contributed by atoms with Crippen molar-refractivity contribution in [3.63, 3.8) is 0 Å². The summed E-state index contributed by atoms with van der Waals surface area (Å²) in [5.74, 6) is 1.70. The van der Waals surface area contributed by atoms with E-state index in [1.807, 2.05) is 66.7 Å². The standard InChI is InChI=1S/C53H30N4O2/c1-2-13-32(14-3-1)51-54-52(35-22-24-38-37-18-8-10-20-45(37)58-47(38)30-35)56-53(55-51)40-25-27-43(50-49(40)39-19-9-11-21-46(39)59-50)57-42-26-23-31-12-6-7-17-36(31)48(42)41-28-33-15-4-5-16-34(33)29-44(41)57/h1-30H. The fourth-order valence-electron chi connectivity index (χ4n) is 9.12. The van der Waals surface area contributed by atoms with Crippen molar-refractivity contribution in [2.45, 2.75) is 0 Å². The lowest BCUT2D eigenvalue weighted by Gasteiger charge is -2.13. The lowest BCUT2D eigenvalue weighted by Crippen LogP contribution is -2.01. The molecule has 0 spiro atoms. The molecule has 9 aromatic carbocycles. The minimum absolute atomic E-state index is 0.556. The van der Waals surface area contributed by atoms with E-state index in [-0.39, 0.29) is 0 Å². The Kier molecular flexibility index (Phi) is 6.63. The zero-order valence-corrected chi connectivity index (χ0v) is 31.4. The van der Waals surface area contributed by atoms with E-state index in [1.165, 1.54) is 32.3 Å².